The van der Waals surface area contributed by atoms with Crippen molar-refractivity contribution in [1.29, 1.82) is 0 Å². The number of benzene rings is 1. The molecule has 2 aliphatic carbocycles. The maximum atomic E-state index is 12.3. The first-order valence-corrected chi connectivity index (χ1v) is 9.30. The largest absolute Gasteiger partial charge is 0.353 e. The van der Waals surface area contributed by atoms with Gasteiger partial charge in [-0.3, -0.25) is 4.79 Å². The molecule has 3 heteroatoms. The van der Waals surface area contributed by atoms with Crippen molar-refractivity contribution in [3.8, 4) is 0 Å². The van der Waals surface area contributed by atoms with Crippen LogP contribution in [0.3, 0.4) is 0 Å². The Morgan fingerprint density at radius 1 is 0.957 bits per heavy atom. The van der Waals surface area contributed by atoms with Gasteiger partial charge in [-0.25, -0.2) is 0 Å². The SMILES string of the molecule is NC1CCC(NC(=O)CC2CCC(c3ccccc3)CC2)CC1. The molecule has 2 aliphatic rings. The minimum atomic E-state index is 0.258. The number of rotatable bonds is 4. The highest BCUT2D eigenvalue weighted by atomic mass is 16.1. The maximum absolute atomic E-state index is 12.3. The Balaban J connectivity index is 1.39. The molecule has 0 aromatic heterocycles. The van der Waals surface area contributed by atoms with Crippen LogP contribution in [0.15, 0.2) is 30.3 Å². The summed E-state index contributed by atoms with van der Waals surface area (Å²) in [4.78, 5) is 12.3. The molecule has 0 saturated heterocycles. The van der Waals surface area contributed by atoms with E-state index in [1.807, 2.05) is 0 Å². The van der Waals surface area contributed by atoms with Crippen LogP contribution in [-0.2, 0) is 4.79 Å². The number of amides is 1. The standard InChI is InChI=1S/C20H30N2O/c21-18-10-12-19(13-11-18)22-20(23)14-15-6-8-17(9-7-15)16-4-2-1-3-5-16/h1-5,15,17-19H,6-14,21H2,(H,22,23). The van der Waals surface area contributed by atoms with E-state index in [0.717, 1.165) is 25.7 Å². The van der Waals surface area contributed by atoms with Gasteiger partial charge < -0.3 is 11.1 Å². The number of hydrogen-bond donors (Lipinski definition) is 2. The number of nitrogens with two attached hydrogens (primary N) is 1. The molecule has 2 saturated carbocycles. The molecule has 1 amide bonds. The predicted octanol–water partition coefficient (Wildman–Crippen LogP) is 3.74. The topological polar surface area (TPSA) is 55.1 Å². The van der Waals surface area contributed by atoms with Crippen LogP contribution in [0.2, 0.25) is 0 Å². The van der Waals surface area contributed by atoms with Gasteiger partial charge in [0, 0.05) is 18.5 Å². The van der Waals surface area contributed by atoms with Gasteiger partial charge in [0.1, 0.15) is 0 Å². The normalized spacial score (nSPS) is 31.5. The van der Waals surface area contributed by atoms with E-state index in [1.54, 1.807) is 0 Å². The van der Waals surface area contributed by atoms with Crippen molar-refractivity contribution < 1.29 is 4.79 Å². The Bertz CT molecular complexity index is 486. The first-order chi connectivity index (χ1) is 11.2. The number of carbonyl (C=O) groups excluding carboxylic acids is 1. The van der Waals surface area contributed by atoms with E-state index >= 15 is 0 Å². The van der Waals surface area contributed by atoms with Crippen LogP contribution in [0.4, 0.5) is 0 Å². The van der Waals surface area contributed by atoms with Crippen LogP contribution in [-0.4, -0.2) is 18.0 Å². The second-order valence-corrected chi connectivity index (χ2v) is 7.51. The zero-order chi connectivity index (χ0) is 16.1. The highest BCUT2D eigenvalue weighted by molar-refractivity contribution is 5.76. The van der Waals surface area contributed by atoms with Crippen molar-refractivity contribution >= 4 is 5.91 Å². The molecule has 3 rings (SSSR count). The van der Waals surface area contributed by atoms with Gasteiger partial charge >= 0.3 is 0 Å². The molecule has 0 spiro atoms. The molecule has 0 heterocycles. The second kappa shape index (κ2) is 7.96. The number of hydrogen-bond acceptors (Lipinski definition) is 2. The van der Waals surface area contributed by atoms with Crippen molar-refractivity contribution in [3.05, 3.63) is 35.9 Å². The molecular formula is C20H30N2O. The zero-order valence-corrected chi connectivity index (χ0v) is 14.0. The lowest BCUT2D eigenvalue weighted by molar-refractivity contribution is -0.123. The molecule has 0 aliphatic heterocycles. The van der Waals surface area contributed by atoms with E-state index in [9.17, 15) is 4.79 Å². The Morgan fingerprint density at radius 2 is 1.61 bits per heavy atom. The average Bonchev–Trinajstić information content (AvgIpc) is 2.58. The summed E-state index contributed by atoms with van der Waals surface area (Å²) < 4.78 is 0. The van der Waals surface area contributed by atoms with E-state index in [-0.39, 0.29) is 5.91 Å². The summed E-state index contributed by atoms with van der Waals surface area (Å²) in [5.41, 5.74) is 7.39. The van der Waals surface area contributed by atoms with E-state index in [4.69, 9.17) is 5.73 Å². The van der Waals surface area contributed by atoms with Gasteiger partial charge in [-0.1, -0.05) is 30.3 Å². The lowest BCUT2D eigenvalue weighted by atomic mass is 9.77. The summed E-state index contributed by atoms with van der Waals surface area (Å²) in [6.07, 6.45) is 9.72. The van der Waals surface area contributed by atoms with Gasteiger partial charge in [-0.15, -0.1) is 0 Å². The summed E-state index contributed by atoms with van der Waals surface area (Å²) in [7, 11) is 0. The molecule has 2 fully saturated rings. The first-order valence-electron chi connectivity index (χ1n) is 9.30. The highest BCUT2D eigenvalue weighted by Gasteiger charge is 2.25. The number of carbonyl (C=O) groups is 1. The lowest BCUT2D eigenvalue weighted by Gasteiger charge is -2.30. The lowest BCUT2D eigenvalue weighted by Crippen LogP contribution is -2.41. The van der Waals surface area contributed by atoms with Gasteiger partial charge in [-0.05, 0) is 68.8 Å². The van der Waals surface area contributed by atoms with Crippen LogP contribution in [0.1, 0.15) is 69.3 Å². The molecule has 1 aromatic rings. The third kappa shape index (κ3) is 4.81. The fourth-order valence-corrected chi connectivity index (χ4v) is 4.24. The van der Waals surface area contributed by atoms with Crippen LogP contribution in [0.5, 0.6) is 0 Å². The van der Waals surface area contributed by atoms with Gasteiger partial charge in [0.05, 0.1) is 0 Å². The Morgan fingerprint density at radius 3 is 2.26 bits per heavy atom. The molecular weight excluding hydrogens is 284 g/mol. The monoisotopic (exact) mass is 314 g/mol. The first kappa shape index (κ1) is 16.5. The van der Waals surface area contributed by atoms with E-state index < -0.39 is 0 Å². The molecule has 126 valence electrons. The third-order valence-electron chi connectivity index (χ3n) is 5.73. The van der Waals surface area contributed by atoms with Crippen molar-refractivity contribution in [2.24, 2.45) is 11.7 Å². The summed E-state index contributed by atoms with van der Waals surface area (Å²) in [5, 5.41) is 3.24. The van der Waals surface area contributed by atoms with E-state index in [0.29, 0.717) is 30.3 Å². The zero-order valence-electron chi connectivity index (χ0n) is 14.0. The van der Waals surface area contributed by atoms with Gasteiger partial charge in [-0.2, -0.15) is 0 Å². The quantitative estimate of drug-likeness (QED) is 0.889. The van der Waals surface area contributed by atoms with Gasteiger partial charge in [0.25, 0.3) is 0 Å². The van der Waals surface area contributed by atoms with Crippen molar-refractivity contribution in [1.82, 2.24) is 5.32 Å². The minimum Gasteiger partial charge on any atom is -0.353 e. The minimum absolute atomic E-state index is 0.258. The molecule has 0 radical (unpaired) electrons. The second-order valence-electron chi connectivity index (χ2n) is 7.51. The maximum Gasteiger partial charge on any atom is 0.220 e. The Kier molecular flexibility index (Phi) is 5.71. The summed E-state index contributed by atoms with van der Waals surface area (Å²) >= 11 is 0. The van der Waals surface area contributed by atoms with E-state index in [2.05, 4.69) is 35.6 Å². The molecule has 3 nitrogen and oxygen atoms in total. The molecule has 23 heavy (non-hydrogen) atoms. The van der Waals surface area contributed by atoms with Crippen LogP contribution < -0.4 is 11.1 Å². The molecule has 0 bridgehead atoms. The smallest absolute Gasteiger partial charge is 0.220 e. The van der Waals surface area contributed by atoms with Crippen molar-refractivity contribution in [3.63, 3.8) is 0 Å². The summed E-state index contributed by atoms with van der Waals surface area (Å²) in [6.45, 7) is 0. The molecule has 0 atom stereocenters. The number of nitrogens with one attached hydrogen (secondary N) is 1. The van der Waals surface area contributed by atoms with Crippen LogP contribution >= 0.6 is 0 Å². The van der Waals surface area contributed by atoms with Crippen LogP contribution in [0.25, 0.3) is 0 Å². The van der Waals surface area contributed by atoms with Crippen molar-refractivity contribution in [2.45, 2.75) is 75.8 Å². The highest BCUT2D eigenvalue weighted by Crippen LogP contribution is 2.36. The average molecular weight is 314 g/mol. The predicted molar refractivity (Wildman–Crippen MR) is 94.1 cm³/mol. The van der Waals surface area contributed by atoms with Gasteiger partial charge in [0.15, 0.2) is 0 Å². The van der Waals surface area contributed by atoms with Crippen LogP contribution in [0, 0.1) is 5.92 Å². The fourth-order valence-electron chi connectivity index (χ4n) is 4.24. The van der Waals surface area contributed by atoms with Gasteiger partial charge in [0.2, 0.25) is 5.91 Å². The Hall–Kier alpha value is -1.35. The fraction of sp³-hybridized carbons (Fsp3) is 0.650. The van der Waals surface area contributed by atoms with Crippen molar-refractivity contribution in [2.75, 3.05) is 0 Å². The van der Waals surface area contributed by atoms with E-state index in [1.165, 1.54) is 31.2 Å². The molecule has 0 unspecified atom stereocenters. The molecule has 1 aromatic carbocycles. The Labute approximate surface area is 140 Å². The summed E-state index contributed by atoms with van der Waals surface area (Å²) in [6, 6.07) is 11.5. The molecule has 3 N–H and O–H groups in total. The summed E-state index contributed by atoms with van der Waals surface area (Å²) in [5.74, 6) is 1.52. The third-order valence-corrected chi connectivity index (χ3v) is 5.73.